The first-order chi connectivity index (χ1) is 10.9. The predicted molar refractivity (Wildman–Crippen MR) is 86.0 cm³/mol. The molecule has 0 unspecified atom stereocenters. The average molecular weight is 337 g/mol. The Bertz CT molecular complexity index is 744. The molecule has 23 heavy (non-hydrogen) atoms. The summed E-state index contributed by atoms with van der Waals surface area (Å²) in [6.45, 7) is 0.889. The van der Waals surface area contributed by atoms with E-state index in [1.54, 1.807) is 35.3 Å². The number of amides is 1. The van der Waals surface area contributed by atoms with Gasteiger partial charge in [0.2, 0.25) is 15.9 Å². The van der Waals surface area contributed by atoms with Gasteiger partial charge in [-0.05, 0) is 18.1 Å². The van der Waals surface area contributed by atoms with Crippen molar-refractivity contribution in [2.24, 2.45) is 0 Å². The fourth-order valence-electron chi connectivity index (χ4n) is 2.01. The Kier molecular flexibility index (Phi) is 5.69. The summed E-state index contributed by atoms with van der Waals surface area (Å²) in [6.07, 6.45) is 5.16. The van der Waals surface area contributed by atoms with Gasteiger partial charge < -0.3 is 5.32 Å². The number of carbonyl (C=O) groups excluding carboxylic acids is 1. The average Bonchev–Trinajstić information content (AvgIpc) is 2.98. The van der Waals surface area contributed by atoms with E-state index in [1.165, 1.54) is 6.33 Å². The zero-order valence-corrected chi connectivity index (χ0v) is 13.6. The molecule has 1 aromatic carbocycles. The van der Waals surface area contributed by atoms with E-state index in [0.717, 1.165) is 6.26 Å². The summed E-state index contributed by atoms with van der Waals surface area (Å²) in [5.41, 5.74) is 1.18. The van der Waals surface area contributed by atoms with Gasteiger partial charge in [0.15, 0.2) is 0 Å². The number of aryl methyl sites for hydroxylation is 1. The first-order valence-electron chi connectivity index (χ1n) is 7.09. The SMILES string of the molecule is CS(=O)(=O)Nc1ccccc1CNC(=O)CCCn1cncn1. The fraction of sp³-hybridized carbons (Fsp3) is 0.357. The summed E-state index contributed by atoms with van der Waals surface area (Å²) in [5, 5.41) is 6.75. The Balaban J connectivity index is 1.82. The molecule has 8 nitrogen and oxygen atoms in total. The smallest absolute Gasteiger partial charge is 0.229 e. The molecule has 0 aliphatic carbocycles. The second kappa shape index (κ2) is 7.73. The van der Waals surface area contributed by atoms with E-state index < -0.39 is 10.0 Å². The van der Waals surface area contributed by atoms with Crippen molar-refractivity contribution in [1.82, 2.24) is 20.1 Å². The van der Waals surface area contributed by atoms with Crippen molar-refractivity contribution in [3.8, 4) is 0 Å². The van der Waals surface area contributed by atoms with E-state index >= 15 is 0 Å². The lowest BCUT2D eigenvalue weighted by Gasteiger charge is -2.11. The zero-order valence-electron chi connectivity index (χ0n) is 12.8. The van der Waals surface area contributed by atoms with Gasteiger partial charge in [0.1, 0.15) is 12.7 Å². The second-order valence-corrected chi connectivity index (χ2v) is 6.82. The lowest BCUT2D eigenvalue weighted by atomic mass is 10.2. The number of nitrogens with zero attached hydrogens (tertiary/aromatic N) is 3. The number of nitrogens with one attached hydrogen (secondary N) is 2. The maximum atomic E-state index is 11.8. The minimum atomic E-state index is -3.36. The number of para-hydroxylation sites is 1. The molecule has 1 heterocycles. The van der Waals surface area contributed by atoms with Gasteiger partial charge in [0.25, 0.3) is 0 Å². The maximum Gasteiger partial charge on any atom is 0.229 e. The number of sulfonamides is 1. The first kappa shape index (κ1) is 16.9. The topological polar surface area (TPSA) is 106 Å². The van der Waals surface area contributed by atoms with E-state index in [4.69, 9.17) is 0 Å². The Labute approximate surface area is 135 Å². The van der Waals surface area contributed by atoms with Gasteiger partial charge in [-0.1, -0.05) is 18.2 Å². The van der Waals surface area contributed by atoms with Crippen molar-refractivity contribution in [3.63, 3.8) is 0 Å². The third-order valence-electron chi connectivity index (χ3n) is 3.05. The van der Waals surface area contributed by atoms with Gasteiger partial charge in [0.05, 0.1) is 11.9 Å². The molecule has 2 aromatic rings. The van der Waals surface area contributed by atoms with Gasteiger partial charge in [-0.15, -0.1) is 0 Å². The van der Waals surface area contributed by atoms with Gasteiger partial charge in [-0.3, -0.25) is 14.2 Å². The normalized spacial score (nSPS) is 11.2. The largest absolute Gasteiger partial charge is 0.352 e. The van der Waals surface area contributed by atoms with Crippen molar-refractivity contribution < 1.29 is 13.2 Å². The van der Waals surface area contributed by atoms with Crippen molar-refractivity contribution in [2.45, 2.75) is 25.9 Å². The van der Waals surface area contributed by atoms with Crippen LogP contribution >= 0.6 is 0 Å². The van der Waals surface area contributed by atoms with Crippen LogP contribution in [-0.2, 0) is 27.9 Å². The van der Waals surface area contributed by atoms with Crippen LogP contribution in [0.5, 0.6) is 0 Å². The van der Waals surface area contributed by atoms with Gasteiger partial charge in [-0.2, -0.15) is 5.10 Å². The molecule has 0 saturated heterocycles. The highest BCUT2D eigenvalue weighted by molar-refractivity contribution is 7.92. The third-order valence-corrected chi connectivity index (χ3v) is 3.64. The van der Waals surface area contributed by atoms with Crippen LogP contribution in [0.1, 0.15) is 18.4 Å². The molecule has 0 atom stereocenters. The lowest BCUT2D eigenvalue weighted by Crippen LogP contribution is -2.23. The van der Waals surface area contributed by atoms with Crippen LogP contribution in [0.4, 0.5) is 5.69 Å². The summed E-state index contributed by atoms with van der Waals surface area (Å²) in [6, 6.07) is 6.95. The lowest BCUT2D eigenvalue weighted by molar-refractivity contribution is -0.121. The summed E-state index contributed by atoms with van der Waals surface area (Å²) in [4.78, 5) is 15.7. The second-order valence-electron chi connectivity index (χ2n) is 5.07. The van der Waals surface area contributed by atoms with Crippen molar-refractivity contribution in [3.05, 3.63) is 42.5 Å². The van der Waals surface area contributed by atoms with Crippen LogP contribution < -0.4 is 10.0 Å². The summed E-state index contributed by atoms with van der Waals surface area (Å²) < 4.78 is 26.8. The number of rotatable bonds is 8. The predicted octanol–water partition coefficient (Wildman–Crippen LogP) is 0.746. The summed E-state index contributed by atoms with van der Waals surface area (Å²) in [5.74, 6) is -0.0979. The molecule has 0 fully saturated rings. The van der Waals surface area contributed by atoms with E-state index in [0.29, 0.717) is 30.6 Å². The van der Waals surface area contributed by atoms with Crippen LogP contribution in [0, 0.1) is 0 Å². The number of anilines is 1. The molecule has 2 N–H and O–H groups in total. The van der Waals surface area contributed by atoms with Crippen LogP contribution in [0.3, 0.4) is 0 Å². The molecule has 9 heteroatoms. The maximum absolute atomic E-state index is 11.8. The number of hydrogen-bond donors (Lipinski definition) is 2. The van der Waals surface area contributed by atoms with Crippen LogP contribution in [0.2, 0.25) is 0 Å². The highest BCUT2D eigenvalue weighted by Gasteiger charge is 2.08. The van der Waals surface area contributed by atoms with Crippen LogP contribution in [-0.4, -0.2) is 35.3 Å². The molecular weight excluding hydrogens is 318 g/mol. The molecular formula is C14H19N5O3S. The van der Waals surface area contributed by atoms with Crippen molar-refractivity contribution >= 4 is 21.6 Å². The van der Waals surface area contributed by atoms with E-state index in [1.807, 2.05) is 0 Å². The molecule has 0 spiro atoms. The Morgan fingerprint density at radius 2 is 2.09 bits per heavy atom. The number of hydrogen-bond acceptors (Lipinski definition) is 5. The number of carbonyl (C=O) groups is 1. The summed E-state index contributed by atoms with van der Waals surface area (Å²) >= 11 is 0. The third kappa shape index (κ3) is 6.07. The van der Waals surface area contributed by atoms with Crippen LogP contribution in [0.25, 0.3) is 0 Å². The van der Waals surface area contributed by atoms with E-state index in [-0.39, 0.29) is 12.5 Å². The quantitative estimate of drug-likeness (QED) is 0.739. The van der Waals surface area contributed by atoms with Gasteiger partial charge >= 0.3 is 0 Å². The minimum absolute atomic E-state index is 0.0979. The highest BCUT2D eigenvalue weighted by atomic mass is 32.2. The van der Waals surface area contributed by atoms with E-state index in [2.05, 4.69) is 20.1 Å². The van der Waals surface area contributed by atoms with Crippen molar-refractivity contribution in [1.29, 1.82) is 0 Å². The summed E-state index contributed by atoms with van der Waals surface area (Å²) in [7, 11) is -3.36. The molecule has 0 bridgehead atoms. The monoisotopic (exact) mass is 337 g/mol. The standard InChI is InChI=1S/C14H19N5O3S/c1-23(21,22)18-13-6-3-2-5-12(13)9-16-14(20)7-4-8-19-11-15-10-17-19/h2-3,5-6,10-11,18H,4,7-9H2,1H3,(H,16,20). The molecule has 2 rings (SSSR count). The molecule has 0 aliphatic heterocycles. The van der Waals surface area contributed by atoms with Gasteiger partial charge in [0, 0.05) is 19.5 Å². The molecule has 1 aromatic heterocycles. The fourth-order valence-corrected chi connectivity index (χ4v) is 2.60. The van der Waals surface area contributed by atoms with Crippen molar-refractivity contribution in [2.75, 3.05) is 11.0 Å². The molecule has 0 saturated carbocycles. The van der Waals surface area contributed by atoms with Crippen LogP contribution in [0.15, 0.2) is 36.9 Å². The minimum Gasteiger partial charge on any atom is -0.352 e. The number of benzene rings is 1. The van der Waals surface area contributed by atoms with E-state index in [9.17, 15) is 13.2 Å². The Morgan fingerprint density at radius 1 is 1.30 bits per heavy atom. The Morgan fingerprint density at radius 3 is 2.78 bits per heavy atom. The number of aromatic nitrogens is 3. The molecule has 0 radical (unpaired) electrons. The highest BCUT2D eigenvalue weighted by Crippen LogP contribution is 2.15. The zero-order chi connectivity index (χ0) is 16.7. The Hall–Kier alpha value is -2.42. The molecule has 124 valence electrons. The first-order valence-corrected chi connectivity index (χ1v) is 8.98. The van der Waals surface area contributed by atoms with Gasteiger partial charge in [-0.25, -0.2) is 13.4 Å². The molecule has 0 aliphatic rings. The molecule has 1 amide bonds.